The highest BCUT2D eigenvalue weighted by atomic mass is 32.2. The monoisotopic (exact) mass is 175 g/mol. The van der Waals surface area contributed by atoms with Crippen LogP contribution in [-0.4, -0.2) is 28.7 Å². The minimum Gasteiger partial charge on any atom is -0.301 e. The lowest BCUT2D eigenvalue weighted by Gasteiger charge is -2.31. The lowest BCUT2D eigenvalue weighted by Crippen LogP contribution is -2.41. The second kappa shape index (κ2) is 2.95. The fraction of sp³-hybridized carbons (Fsp3) is 1.00. The third-order valence-corrected chi connectivity index (χ3v) is 5.04. The van der Waals surface area contributed by atoms with Crippen molar-refractivity contribution in [1.82, 2.24) is 5.32 Å². The summed E-state index contributed by atoms with van der Waals surface area (Å²) in [6.45, 7) is 1.23. The van der Waals surface area contributed by atoms with E-state index in [2.05, 4.69) is 28.8 Å². The van der Waals surface area contributed by atoms with Crippen molar-refractivity contribution >= 4 is 23.5 Å². The molecule has 0 aromatic rings. The second-order valence-electron chi connectivity index (χ2n) is 2.93. The number of hydrogen-bond donors (Lipinski definition) is 1. The van der Waals surface area contributed by atoms with E-state index in [4.69, 9.17) is 0 Å². The molecular weight excluding hydrogens is 162 g/mol. The van der Waals surface area contributed by atoms with E-state index in [-0.39, 0.29) is 0 Å². The van der Waals surface area contributed by atoms with Crippen LogP contribution in [0.1, 0.15) is 12.8 Å². The van der Waals surface area contributed by atoms with E-state index < -0.39 is 0 Å². The van der Waals surface area contributed by atoms with E-state index in [1.54, 1.807) is 0 Å². The first-order valence-electron chi connectivity index (χ1n) is 3.88. The van der Waals surface area contributed by atoms with Crippen LogP contribution in [0.15, 0.2) is 0 Å². The largest absolute Gasteiger partial charge is 0.301 e. The minimum absolute atomic E-state index is 0.503. The van der Waals surface area contributed by atoms with Crippen molar-refractivity contribution < 1.29 is 0 Å². The van der Waals surface area contributed by atoms with E-state index in [0.29, 0.717) is 4.87 Å². The summed E-state index contributed by atoms with van der Waals surface area (Å²) in [4.78, 5) is 0.503. The molecule has 0 radical (unpaired) electrons. The Morgan fingerprint density at radius 2 is 2.30 bits per heavy atom. The summed E-state index contributed by atoms with van der Waals surface area (Å²) < 4.78 is 0. The summed E-state index contributed by atoms with van der Waals surface area (Å²) in [6, 6.07) is 0. The van der Waals surface area contributed by atoms with E-state index >= 15 is 0 Å². The minimum atomic E-state index is 0.503. The first-order chi connectivity index (χ1) is 4.91. The lowest BCUT2D eigenvalue weighted by molar-refractivity contribution is 0.500. The molecule has 2 aliphatic heterocycles. The maximum Gasteiger partial charge on any atom is 0.0737 e. The van der Waals surface area contributed by atoms with Gasteiger partial charge in [-0.2, -0.15) is 11.8 Å². The molecule has 1 unspecified atom stereocenters. The van der Waals surface area contributed by atoms with Crippen LogP contribution in [0.25, 0.3) is 0 Å². The molecule has 58 valence electrons. The summed E-state index contributed by atoms with van der Waals surface area (Å²) in [5.74, 6) is 4.03. The summed E-state index contributed by atoms with van der Waals surface area (Å²) in [7, 11) is 0. The first-order valence-corrected chi connectivity index (χ1v) is 6.02. The Hall–Kier alpha value is 0.660. The zero-order chi connectivity index (χ0) is 6.86. The molecule has 1 nitrogen and oxygen atoms in total. The molecule has 10 heavy (non-hydrogen) atoms. The van der Waals surface area contributed by atoms with E-state index in [1.807, 2.05) is 0 Å². The van der Waals surface area contributed by atoms with E-state index in [0.717, 1.165) is 0 Å². The molecule has 1 atom stereocenters. The SMILES string of the molecule is C1CSCC2(C1)NCCS2. The fourth-order valence-electron chi connectivity index (χ4n) is 1.60. The number of nitrogens with one attached hydrogen (secondary N) is 1. The van der Waals surface area contributed by atoms with Crippen LogP contribution in [0.4, 0.5) is 0 Å². The van der Waals surface area contributed by atoms with Gasteiger partial charge in [-0.3, -0.25) is 0 Å². The van der Waals surface area contributed by atoms with Gasteiger partial charge in [-0.05, 0) is 18.6 Å². The number of thioether (sulfide) groups is 2. The van der Waals surface area contributed by atoms with Crippen LogP contribution < -0.4 is 5.32 Å². The smallest absolute Gasteiger partial charge is 0.0737 e. The molecule has 1 N–H and O–H groups in total. The van der Waals surface area contributed by atoms with Crippen molar-refractivity contribution in [2.75, 3.05) is 23.8 Å². The number of rotatable bonds is 0. The standard InChI is InChI=1S/C7H13NS2/c1-2-7(6-9-4-1)8-3-5-10-7/h8H,1-6H2. The van der Waals surface area contributed by atoms with Gasteiger partial charge in [0.25, 0.3) is 0 Å². The quantitative estimate of drug-likeness (QED) is 0.600. The molecule has 2 rings (SSSR count). The van der Waals surface area contributed by atoms with Gasteiger partial charge in [-0.1, -0.05) is 0 Å². The third-order valence-electron chi connectivity index (χ3n) is 2.13. The zero-order valence-electron chi connectivity index (χ0n) is 6.06. The van der Waals surface area contributed by atoms with Crippen molar-refractivity contribution in [2.24, 2.45) is 0 Å². The Kier molecular flexibility index (Phi) is 2.16. The predicted octanol–water partition coefficient (Wildman–Crippen LogP) is 1.55. The van der Waals surface area contributed by atoms with Gasteiger partial charge in [0, 0.05) is 18.1 Å². The Labute approximate surface area is 70.7 Å². The van der Waals surface area contributed by atoms with Crippen LogP contribution in [0, 0.1) is 0 Å². The Balaban J connectivity index is 1.98. The van der Waals surface area contributed by atoms with Gasteiger partial charge in [0.1, 0.15) is 0 Å². The van der Waals surface area contributed by atoms with Gasteiger partial charge >= 0.3 is 0 Å². The van der Waals surface area contributed by atoms with Gasteiger partial charge in [-0.25, -0.2) is 0 Å². The molecule has 1 spiro atoms. The maximum absolute atomic E-state index is 3.61. The normalized spacial score (nSPS) is 40.8. The van der Waals surface area contributed by atoms with Crippen LogP contribution in [-0.2, 0) is 0 Å². The molecule has 0 aliphatic carbocycles. The average Bonchev–Trinajstić information content (AvgIpc) is 2.39. The topological polar surface area (TPSA) is 12.0 Å². The Morgan fingerprint density at radius 1 is 1.30 bits per heavy atom. The molecule has 0 aromatic carbocycles. The predicted molar refractivity (Wildman–Crippen MR) is 49.8 cm³/mol. The third kappa shape index (κ3) is 1.31. The van der Waals surface area contributed by atoms with Gasteiger partial charge < -0.3 is 5.32 Å². The molecule has 0 saturated carbocycles. The Morgan fingerprint density at radius 3 is 2.90 bits per heavy atom. The average molecular weight is 175 g/mol. The van der Waals surface area contributed by atoms with E-state index in [9.17, 15) is 0 Å². The van der Waals surface area contributed by atoms with Crippen LogP contribution in [0.3, 0.4) is 0 Å². The molecule has 0 amide bonds. The maximum atomic E-state index is 3.61. The van der Waals surface area contributed by atoms with Crippen molar-refractivity contribution in [3.05, 3.63) is 0 Å². The van der Waals surface area contributed by atoms with Gasteiger partial charge in [0.05, 0.1) is 4.87 Å². The van der Waals surface area contributed by atoms with Crippen LogP contribution in [0.2, 0.25) is 0 Å². The van der Waals surface area contributed by atoms with Crippen molar-refractivity contribution in [3.63, 3.8) is 0 Å². The lowest BCUT2D eigenvalue weighted by atomic mass is 10.2. The summed E-state index contributed by atoms with van der Waals surface area (Å²) in [6.07, 6.45) is 2.80. The van der Waals surface area contributed by atoms with Crippen LogP contribution in [0.5, 0.6) is 0 Å². The molecular formula is C7H13NS2. The summed E-state index contributed by atoms with van der Waals surface area (Å²) >= 11 is 4.24. The number of hydrogen-bond acceptors (Lipinski definition) is 3. The highest BCUT2D eigenvalue weighted by Crippen LogP contribution is 2.38. The van der Waals surface area contributed by atoms with E-state index in [1.165, 1.54) is 36.6 Å². The molecule has 2 heterocycles. The van der Waals surface area contributed by atoms with Gasteiger partial charge in [0.2, 0.25) is 0 Å². The van der Waals surface area contributed by atoms with Crippen molar-refractivity contribution in [2.45, 2.75) is 17.7 Å². The zero-order valence-corrected chi connectivity index (χ0v) is 7.69. The molecule has 3 heteroatoms. The van der Waals surface area contributed by atoms with Gasteiger partial charge in [0.15, 0.2) is 0 Å². The highest BCUT2D eigenvalue weighted by Gasteiger charge is 2.35. The van der Waals surface area contributed by atoms with Crippen LogP contribution >= 0.6 is 23.5 Å². The molecule has 0 aromatic heterocycles. The highest BCUT2D eigenvalue weighted by molar-refractivity contribution is 8.04. The van der Waals surface area contributed by atoms with Crippen molar-refractivity contribution in [3.8, 4) is 0 Å². The Bertz CT molecular complexity index is 113. The molecule has 2 fully saturated rings. The summed E-state index contributed by atoms with van der Waals surface area (Å²) in [5, 5.41) is 3.61. The van der Waals surface area contributed by atoms with Gasteiger partial charge in [-0.15, -0.1) is 11.8 Å². The summed E-state index contributed by atoms with van der Waals surface area (Å²) in [5.41, 5.74) is 0. The molecule has 2 saturated heterocycles. The van der Waals surface area contributed by atoms with Crippen molar-refractivity contribution in [1.29, 1.82) is 0 Å². The molecule has 0 bridgehead atoms. The fourth-order valence-corrected chi connectivity index (χ4v) is 4.34. The molecule has 2 aliphatic rings. The first kappa shape index (κ1) is 7.32. The second-order valence-corrected chi connectivity index (χ2v) is 5.51.